The molecule has 0 aromatic rings. The molecular weight excluding hydrogens is 206 g/mol. The minimum atomic E-state index is -0.311. The summed E-state index contributed by atoms with van der Waals surface area (Å²) in [6.07, 6.45) is 1.94. The number of carbonyl (C=O) groups excluding carboxylic acids is 2. The van der Waals surface area contributed by atoms with E-state index in [0.717, 1.165) is 25.9 Å². The van der Waals surface area contributed by atoms with E-state index < -0.39 is 0 Å². The van der Waals surface area contributed by atoms with E-state index in [1.807, 2.05) is 6.92 Å². The molecule has 2 aliphatic rings. The lowest BCUT2D eigenvalue weighted by atomic mass is 10.00. The predicted octanol–water partition coefficient (Wildman–Crippen LogP) is -0.572. The first-order chi connectivity index (χ1) is 7.59. The van der Waals surface area contributed by atoms with Crippen LogP contribution < -0.4 is 5.32 Å². The Hall–Kier alpha value is -1.10. The predicted molar refractivity (Wildman–Crippen MR) is 59.8 cm³/mol. The average Bonchev–Trinajstić information content (AvgIpc) is 2.27. The summed E-state index contributed by atoms with van der Waals surface area (Å²) in [4.78, 5) is 27.4. The molecule has 1 unspecified atom stereocenters. The Morgan fingerprint density at radius 3 is 2.50 bits per heavy atom. The zero-order valence-corrected chi connectivity index (χ0v) is 9.90. The highest BCUT2D eigenvalue weighted by molar-refractivity contribution is 5.94. The Bertz CT molecular complexity index is 298. The van der Waals surface area contributed by atoms with Crippen molar-refractivity contribution in [3.63, 3.8) is 0 Å². The Kier molecular flexibility index (Phi) is 3.14. The van der Waals surface area contributed by atoms with Gasteiger partial charge in [-0.3, -0.25) is 9.59 Å². The summed E-state index contributed by atoms with van der Waals surface area (Å²) in [5.74, 6) is 0.0279. The maximum atomic E-state index is 11.8. The van der Waals surface area contributed by atoms with E-state index in [1.165, 1.54) is 0 Å². The maximum Gasteiger partial charge on any atom is 0.242 e. The molecule has 0 aliphatic carbocycles. The molecule has 2 amide bonds. The number of piperidine rings is 1. The van der Waals surface area contributed by atoms with E-state index >= 15 is 0 Å². The zero-order chi connectivity index (χ0) is 11.7. The van der Waals surface area contributed by atoms with Crippen LogP contribution >= 0.6 is 0 Å². The summed E-state index contributed by atoms with van der Waals surface area (Å²) in [6.45, 7) is 3.98. The molecule has 2 fully saturated rings. The van der Waals surface area contributed by atoms with Crippen LogP contribution in [0.1, 0.15) is 19.8 Å². The van der Waals surface area contributed by atoms with Crippen LogP contribution in [-0.4, -0.2) is 60.4 Å². The van der Waals surface area contributed by atoms with Gasteiger partial charge in [-0.2, -0.15) is 0 Å². The van der Waals surface area contributed by atoms with E-state index in [0.29, 0.717) is 0 Å². The summed E-state index contributed by atoms with van der Waals surface area (Å²) in [6, 6.07) is -0.0700. The van der Waals surface area contributed by atoms with E-state index in [4.69, 9.17) is 0 Å². The number of piperazine rings is 1. The number of nitrogens with zero attached hydrogens (tertiary/aromatic N) is 2. The second-order valence-electron chi connectivity index (χ2n) is 4.73. The van der Waals surface area contributed by atoms with Crippen molar-refractivity contribution in [2.24, 2.45) is 0 Å². The fourth-order valence-electron chi connectivity index (χ4n) is 2.54. The SMILES string of the molecule is CC1C(=O)NCC(=O)N1C1CCN(C)CC1. The number of carbonyl (C=O) groups is 2. The molecule has 1 atom stereocenters. The first-order valence-electron chi connectivity index (χ1n) is 5.87. The third-order valence-corrected chi connectivity index (χ3v) is 3.58. The molecule has 0 spiro atoms. The van der Waals surface area contributed by atoms with Gasteiger partial charge in [-0.1, -0.05) is 0 Å². The number of likely N-dealkylation sites (tertiary alicyclic amines) is 1. The van der Waals surface area contributed by atoms with Crippen molar-refractivity contribution in [3.05, 3.63) is 0 Å². The number of amides is 2. The molecule has 0 aromatic heterocycles. The molecule has 90 valence electrons. The quantitative estimate of drug-likeness (QED) is 0.650. The summed E-state index contributed by atoms with van der Waals surface area (Å²) < 4.78 is 0. The van der Waals surface area contributed by atoms with Gasteiger partial charge in [0.1, 0.15) is 6.04 Å². The van der Waals surface area contributed by atoms with Crippen LogP contribution in [0.3, 0.4) is 0 Å². The fourth-order valence-corrected chi connectivity index (χ4v) is 2.54. The van der Waals surface area contributed by atoms with Crippen LogP contribution in [0.2, 0.25) is 0 Å². The molecule has 0 bridgehead atoms. The molecule has 2 aliphatic heterocycles. The topological polar surface area (TPSA) is 52.7 Å². The van der Waals surface area contributed by atoms with Gasteiger partial charge in [-0.05, 0) is 39.9 Å². The van der Waals surface area contributed by atoms with Crippen LogP contribution in [0.5, 0.6) is 0 Å². The van der Waals surface area contributed by atoms with Gasteiger partial charge >= 0.3 is 0 Å². The van der Waals surface area contributed by atoms with Crippen molar-refractivity contribution in [2.75, 3.05) is 26.7 Å². The molecule has 5 nitrogen and oxygen atoms in total. The average molecular weight is 225 g/mol. The van der Waals surface area contributed by atoms with Crippen molar-refractivity contribution in [1.29, 1.82) is 0 Å². The number of hydrogen-bond donors (Lipinski definition) is 1. The van der Waals surface area contributed by atoms with Crippen LogP contribution in [0, 0.1) is 0 Å². The molecule has 2 rings (SSSR count). The van der Waals surface area contributed by atoms with E-state index in [2.05, 4.69) is 17.3 Å². The highest BCUT2D eigenvalue weighted by Gasteiger charge is 2.36. The second-order valence-corrected chi connectivity index (χ2v) is 4.73. The summed E-state index contributed by atoms with van der Waals surface area (Å²) in [5.41, 5.74) is 0. The molecule has 2 heterocycles. The molecular formula is C11H19N3O2. The summed E-state index contributed by atoms with van der Waals surface area (Å²) >= 11 is 0. The zero-order valence-electron chi connectivity index (χ0n) is 9.90. The lowest BCUT2D eigenvalue weighted by Crippen LogP contribution is -2.61. The van der Waals surface area contributed by atoms with Gasteiger partial charge in [0.05, 0.1) is 6.54 Å². The third kappa shape index (κ3) is 2.04. The third-order valence-electron chi connectivity index (χ3n) is 3.58. The summed E-state index contributed by atoms with van der Waals surface area (Å²) in [5, 5.41) is 2.62. The number of nitrogens with one attached hydrogen (secondary N) is 1. The van der Waals surface area contributed by atoms with Crippen molar-refractivity contribution in [1.82, 2.24) is 15.1 Å². The standard InChI is InChI=1S/C11H19N3O2/c1-8-11(16)12-7-10(15)14(8)9-3-5-13(2)6-4-9/h8-9H,3-7H2,1-2H3,(H,12,16). The molecule has 0 radical (unpaired) electrons. The van der Waals surface area contributed by atoms with Crippen molar-refractivity contribution >= 4 is 11.8 Å². The first-order valence-corrected chi connectivity index (χ1v) is 5.87. The van der Waals surface area contributed by atoms with Crippen LogP contribution in [0.25, 0.3) is 0 Å². The number of rotatable bonds is 1. The van der Waals surface area contributed by atoms with Gasteiger partial charge in [-0.25, -0.2) is 0 Å². The Balaban J connectivity index is 2.06. The number of hydrogen-bond acceptors (Lipinski definition) is 3. The first kappa shape index (κ1) is 11.4. The van der Waals surface area contributed by atoms with Gasteiger partial charge in [0.25, 0.3) is 0 Å². The molecule has 2 saturated heterocycles. The van der Waals surface area contributed by atoms with Gasteiger partial charge in [0, 0.05) is 6.04 Å². The van der Waals surface area contributed by atoms with E-state index in [1.54, 1.807) is 4.90 Å². The van der Waals surface area contributed by atoms with E-state index in [9.17, 15) is 9.59 Å². The van der Waals surface area contributed by atoms with E-state index in [-0.39, 0.29) is 30.4 Å². The lowest BCUT2D eigenvalue weighted by molar-refractivity contribution is -0.148. The van der Waals surface area contributed by atoms with Gasteiger partial charge < -0.3 is 15.1 Å². The lowest BCUT2D eigenvalue weighted by Gasteiger charge is -2.42. The van der Waals surface area contributed by atoms with Crippen LogP contribution in [-0.2, 0) is 9.59 Å². The van der Waals surface area contributed by atoms with Gasteiger partial charge in [0.2, 0.25) is 11.8 Å². The van der Waals surface area contributed by atoms with Crippen molar-refractivity contribution in [2.45, 2.75) is 31.8 Å². The normalized spacial score (nSPS) is 29.4. The monoisotopic (exact) mass is 225 g/mol. The maximum absolute atomic E-state index is 11.8. The molecule has 5 heteroatoms. The highest BCUT2D eigenvalue weighted by atomic mass is 16.2. The Labute approximate surface area is 95.8 Å². The largest absolute Gasteiger partial charge is 0.345 e. The summed E-state index contributed by atoms with van der Waals surface area (Å²) in [7, 11) is 2.09. The smallest absolute Gasteiger partial charge is 0.242 e. The molecule has 1 N–H and O–H groups in total. The van der Waals surface area contributed by atoms with Crippen molar-refractivity contribution < 1.29 is 9.59 Å². The molecule has 0 aromatic carbocycles. The second kappa shape index (κ2) is 4.41. The van der Waals surface area contributed by atoms with Crippen LogP contribution in [0.4, 0.5) is 0 Å². The van der Waals surface area contributed by atoms with Gasteiger partial charge in [0.15, 0.2) is 0 Å². The minimum Gasteiger partial charge on any atom is -0.345 e. The molecule has 16 heavy (non-hydrogen) atoms. The Morgan fingerprint density at radius 1 is 1.25 bits per heavy atom. The minimum absolute atomic E-state index is 0.0291. The van der Waals surface area contributed by atoms with Crippen LogP contribution in [0.15, 0.2) is 0 Å². The highest BCUT2D eigenvalue weighted by Crippen LogP contribution is 2.19. The molecule has 0 saturated carbocycles. The fraction of sp³-hybridized carbons (Fsp3) is 0.818. The van der Waals surface area contributed by atoms with Crippen molar-refractivity contribution in [3.8, 4) is 0 Å². The van der Waals surface area contributed by atoms with Gasteiger partial charge in [-0.15, -0.1) is 0 Å². The Morgan fingerprint density at radius 2 is 1.88 bits per heavy atom.